The lowest BCUT2D eigenvalue weighted by molar-refractivity contribution is -0.134. The molecule has 0 bridgehead atoms. The van der Waals surface area contributed by atoms with Gasteiger partial charge in [0.1, 0.15) is 6.33 Å². The minimum Gasteiger partial charge on any atom is -0.368 e. The standard InChI is InChI=1S/C16H22N6O/c1-12-9-14(15-18-17-11-22(15)19-12)21-8-4-5-13(10-21)16(23)20-6-2-3-7-20/h9,11,13H,2-8,10H2,1H3. The van der Waals surface area contributed by atoms with Crippen LogP contribution in [-0.2, 0) is 4.79 Å². The number of aryl methyl sites for hydroxylation is 1. The number of piperidine rings is 1. The van der Waals surface area contributed by atoms with E-state index < -0.39 is 0 Å². The summed E-state index contributed by atoms with van der Waals surface area (Å²) in [6, 6.07) is 2.05. The summed E-state index contributed by atoms with van der Waals surface area (Å²) in [7, 11) is 0. The van der Waals surface area contributed by atoms with Gasteiger partial charge in [-0.2, -0.15) is 9.61 Å². The highest BCUT2D eigenvalue weighted by molar-refractivity contribution is 5.80. The van der Waals surface area contributed by atoms with E-state index in [0.29, 0.717) is 5.91 Å². The van der Waals surface area contributed by atoms with Gasteiger partial charge >= 0.3 is 0 Å². The molecule has 7 heteroatoms. The Bertz CT molecular complexity index is 720. The zero-order valence-corrected chi connectivity index (χ0v) is 13.5. The summed E-state index contributed by atoms with van der Waals surface area (Å²) in [6.45, 7) is 5.55. The molecule has 0 radical (unpaired) electrons. The number of aromatic nitrogens is 4. The first-order valence-corrected chi connectivity index (χ1v) is 8.44. The molecular weight excluding hydrogens is 292 g/mol. The molecule has 2 aromatic heterocycles. The van der Waals surface area contributed by atoms with E-state index in [1.807, 2.05) is 17.9 Å². The van der Waals surface area contributed by atoms with Crippen LogP contribution >= 0.6 is 0 Å². The van der Waals surface area contributed by atoms with E-state index in [9.17, 15) is 4.79 Å². The third-order valence-electron chi connectivity index (χ3n) is 4.90. The van der Waals surface area contributed by atoms with E-state index in [2.05, 4.69) is 20.2 Å². The molecule has 2 aliphatic heterocycles. The molecule has 1 unspecified atom stereocenters. The summed E-state index contributed by atoms with van der Waals surface area (Å²) in [6.07, 6.45) is 5.94. The van der Waals surface area contributed by atoms with E-state index in [0.717, 1.165) is 68.9 Å². The van der Waals surface area contributed by atoms with E-state index in [4.69, 9.17) is 0 Å². The molecule has 122 valence electrons. The quantitative estimate of drug-likeness (QED) is 0.835. The first-order chi connectivity index (χ1) is 11.2. The summed E-state index contributed by atoms with van der Waals surface area (Å²) < 4.78 is 1.72. The molecule has 4 rings (SSSR count). The molecule has 1 atom stereocenters. The lowest BCUT2D eigenvalue weighted by Crippen LogP contribution is -2.44. The molecule has 4 heterocycles. The maximum Gasteiger partial charge on any atom is 0.227 e. The van der Waals surface area contributed by atoms with Crippen molar-refractivity contribution in [3.05, 3.63) is 18.1 Å². The van der Waals surface area contributed by atoms with Gasteiger partial charge in [0.15, 0.2) is 0 Å². The van der Waals surface area contributed by atoms with E-state index in [1.54, 1.807) is 10.8 Å². The number of hydrogen-bond donors (Lipinski definition) is 0. The largest absolute Gasteiger partial charge is 0.368 e. The Balaban J connectivity index is 1.58. The smallest absolute Gasteiger partial charge is 0.227 e. The monoisotopic (exact) mass is 314 g/mol. The molecule has 2 aliphatic rings. The topological polar surface area (TPSA) is 66.6 Å². The van der Waals surface area contributed by atoms with Gasteiger partial charge in [0.2, 0.25) is 11.6 Å². The number of nitrogens with zero attached hydrogens (tertiary/aromatic N) is 6. The number of amides is 1. The molecule has 0 N–H and O–H groups in total. The molecule has 7 nitrogen and oxygen atoms in total. The van der Waals surface area contributed by atoms with Crippen molar-refractivity contribution in [3.63, 3.8) is 0 Å². The van der Waals surface area contributed by atoms with Gasteiger partial charge in [-0.3, -0.25) is 4.79 Å². The second-order valence-corrected chi connectivity index (χ2v) is 6.59. The Morgan fingerprint density at radius 3 is 2.87 bits per heavy atom. The lowest BCUT2D eigenvalue weighted by Gasteiger charge is -2.35. The van der Waals surface area contributed by atoms with Crippen LogP contribution in [0.3, 0.4) is 0 Å². The van der Waals surface area contributed by atoms with Gasteiger partial charge < -0.3 is 9.80 Å². The number of hydrogen-bond acceptors (Lipinski definition) is 5. The third kappa shape index (κ3) is 2.64. The fourth-order valence-corrected chi connectivity index (χ4v) is 3.76. The predicted octanol–water partition coefficient (Wildman–Crippen LogP) is 1.27. The molecular formula is C16H22N6O. The second kappa shape index (κ2) is 5.79. The van der Waals surface area contributed by atoms with Crippen LogP contribution in [0.2, 0.25) is 0 Å². The molecule has 2 aromatic rings. The van der Waals surface area contributed by atoms with E-state index in [1.165, 1.54) is 0 Å². The molecule has 2 fully saturated rings. The van der Waals surface area contributed by atoms with Crippen LogP contribution in [0.15, 0.2) is 12.4 Å². The van der Waals surface area contributed by atoms with Crippen molar-refractivity contribution in [1.82, 2.24) is 24.7 Å². The van der Waals surface area contributed by atoms with Crippen LogP contribution in [0, 0.1) is 12.8 Å². The number of rotatable bonds is 2. The second-order valence-electron chi connectivity index (χ2n) is 6.59. The zero-order chi connectivity index (χ0) is 15.8. The first kappa shape index (κ1) is 14.4. The average molecular weight is 314 g/mol. The minimum absolute atomic E-state index is 0.0956. The molecule has 2 saturated heterocycles. The van der Waals surface area contributed by atoms with Crippen LogP contribution < -0.4 is 4.90 Å². The van der Waals surface area contributed by atoms with Crippen molar-refractivity contribution >= 4 is 17.2 Å². The van der Waals surface area contributed by atoms with Crippen LogP contribution in [0.25, 0.3) is 5.65 Å². The molecule has 0 aliphatic carbocycles. The number of fused-ring (bicyclic) bond motifs is 1. The van der Waals surface area contributed by atoms with E-state index >= 15 is 0 Å². The van der Waals surface area contributed by atoms with Crippen molar-refractivity contribution in [1.29, 1.82) is 0 Å². The fourth-order valence-electron chi connectivity index (χ4n) is 3.76. The molecule has 0 spiro atoms. The molecule has 1 amide bonds. The summed E-state index contributed by atoms with van der Waals surface area (Å²) in [5, 5.41) is 12.6. The van der Waals surface area contributed by atoms with Crippen LogP contribution in [0.5, 0.6) is 0 Å². The number of likely N-dealkylation sites (tertiary alicyclic amines) is 1. The van der Waals surface area contributed by atoms with Gasteiger partial charge in [0.25, 0.3) is 0 Å². The van der Waals surface area contributed by atoms with Crippen LogP contribution in [0.1, 0.15) is 31.4 Å². The number of carbonyl (C=O) groups excluding carboxylic acids is 1. The molecule has 23 heavy (non-hydrogen) atoms. The molecule has 0 saturated carbocycles. The fraction of sp³-hybridized carbons (Fsp3) is 0.625. The zero-order valence-electron chi connectivity index (χ0n) is 13.5. The van der Waals surface area contributed by atoms with Crippen molar-refractivity contribution < 1.29 is 4.79 Å². The lowest BCUT2D eigenvalue weighted by atomic mass is 9.96. The Labute approximate surface area is 135 Å². The Hall–Kier alpha value is -2.18. The van der Waals surface area contributed by atoms with Crippen molar-refractivity contribution in [2.75, 3.05) is 31.1 Å². The Kier molecular flexibility index (Phi) is 3.63. The Morgan fingerprint density at radius 2 is 2.04 bits per heavy atom. The summed E-state index contributed by atoms with van der Waals surface area (Å²) in [4.78, 5) is 17.0. The summed E-state index contributed by atoms with van der Waals surface area (Å²) in [5.74, 6) is 0.425. The van der Waals surface area contributed by atoms with Crippen molar-refractivity contribution in [2.24, 2.45) is 5.92 Å². The molecule has 0 aromatic carbocycles. The summed E-state index contributed by atoms with van der Waals surface area (Å²) >= 11 is 0. The van der Waals surface area contributed by atoms with Crippen LogP contribution in [-0.4, -0.2) is 56.8 Å². The number of carbonyl (C=O) groups is 1. The highest BCUT2D eigenvalue weighted by Gasteiger charge is 2.31. The maximum atomic E-state index is 12.7. The average Bonchev–Trinajstić information content (AvgIpc) is 3.24. The highest BCUT2D eigenvalue weighted by atomic mass is 16.2. The normalized spacial score (nSPS) is 22.0. The predicted molar refractivity (Wildman–Crippen MR) is 86.3 cm³/mol. The van der Waals surface area contributed by atoms with Gasteiger partial charge in [-0.1, -0.05) is 0 Å². The van der Waals surface area contributed by atoms with Crippen LogP contribution in [0.4, 0.5) is 5.69 Å². The van der Waals surface area contributed by atoms with Gasteiger partial charge in [0, 0.05) is 26.2 Å². The van der Waals surface area contributed by atoms with Gasteiger partial charge in [-0.15, -0.1) is 10.2 Å². The SMILES string of the molecule is Cc1cc(N2CCCC(C(=O)N3CCCC3)C2)c2nncn2n1. The van der Waals surface area contributed by atoms with Gasteiger partial charge in [-0.05, 0) is 38.7 Å². The maximum absolute atomic E-state index is 12.7. The van der Waals surface area contributed by atoms with Gasteiger partial charge in [0.05, 0.1) is 17.3 Å². The Morgan fingerprint density at radius 1 is 1.22 bits per heavy atom. The van der Waals surface area contributed by atoms with Crippen molar-refractivity contribution in [2.45, 2.75) is 32.6 Å². The summed E-state index contributed by atoms with van der Waals surface area (Å²) in [5.41, 5.74) is 2.74. The van der Waals surface area contributed by atoms with Crippen molar-refractivity contribution in [3.8, 4) is 0 Å². The first-order valence-electron chi connectivity index (χ1n) is 8.44. The number of anilines is 1. The van der Waals surface area contributed by atoms with Gasteiger partial charge in [-0.25, -0.2) is 0 Å². The highest BCUT2D eigenvalue weighted by Crippen LogP contribution is 2.28. The minimum atomic E-state index is 0.0956. The van der Waals surface area contributed by atoms with E-state index in [-0.39, 0.29) is 5.92 Å². The third-order valence-corrected chi connectivity index (χ3v) is 4.90.